The average molecular weight is 309 g/mol. The molecule has 1 heterocycles. The van der Waals surface area contributed by atoms with Crippen LogP contribution in [-0.4, -0.2) is 31.9 Å². The van der Waals surface area contributed by atoms with Gasteiger partial charge in [0.1, 0.15) is 0 Å². The molecule has 1 aromatic carbocycles. The maximum atomic E-state index is 12.1. The highest BCUT2D eigenvalue weighted by Crippen LogP contribution is 2.32. The molecule has 116 valence electrons. The number of rotatable bonds is 3. The van der Waals surface area contributed by atoms with Gasteiger partial charge in [0.2, 0.25) is 0 Å². The van der Waals surface area contributed by atoms with Gasteiger partial charge in [0.05, 0.1) is 16.8 Å². The van der Waals surface area contributed by atoms with E-state index in [-0.39, 0.29) is 17.9 Å². The Morgan fingerprint density at radius 1 is 1.10 bits per heavy atom. The fraction of sp³-hybridized carbons (Fsp3) is 0.625. The summed E-state index contributed by atoms with van der Waals surface area (Å²) in [5, 5.41) is 13.1. The van der Waals surface area contributed by atoms with E-state index in [1.54, 1.807) is 12.1 Å². The molecule has 2 aliphatic rings. The van der Waals surface area contributed by atoms with Crippen molar-refractivity contribution in [1.29, 1.82) is 0 Å². The molecule has 21 heavy (non-hydrogen) atoms. The lowest BCUT2D eigenvalue weighted by Crippen LogP contribution is -2.34. The van der Waals surface area contributed by atoms with E-state index < -0.39 is 9.84 Å². The van der Waals surface area contributed by atoms with E-state index in [9.17, 15) is 13.5 Å². The highest BCUT2D eigenvalue weighted by Gasteiger charge is 2.30. The summed E-state index contributed by atoms with van der Waals surface area (Å²) in [6.45, 7) is 0.909. The Bertz CT molecular complexity index is 591. The molecular formula is C16H23NO3S. The van der Waals surface area contributed by atoms with Gasteiger partial charge in [0.25, 0.3) is 0 Å². The Balaban J connectivity index is 1.67. The van der Waals surface area contributed by atoms with E-state index in [1.165, 1.54) is 0 Å². The highest BCUT2D eigenvalue weighted by atomic mass is 32.2. The lowest BCUT2D eigenvalue weighted by molar-refractivity contribution is 0.107. The molecule has 1 aromatic rings. The Hall–Kier alpha value is -0.910. The van der Waals surface area contributed by atoms with Crippen LogP contribution in [0.3, 0.4) is 0 Å². The molecule has 1 aliphatic heterocycles. The van der Waals surface area contributed by atoms with Crippen molar-refractivity contribution >= 4 is 9.84 Å². The van der Waals surface area contributed by atoms with Gasteiger partial charge in [-0.1, -0.05) is 18.2 Å². The molecule has 0 aromatic heterocycles. The van der Waals surface area contributed by atoms with Crippen molar-refractivity contribution in [2.75, 3.05) is 12.3 Å². The number of hydrogen-bond donors (Lipinski definition) is 2. The van der Waals surface area contributed by atoms with Gasteiger partial charge in [-0.05, 0) is 56.2 Å². The molecule has 1 aliphatic carbocycles. The summed E-state index contributed by atoms with van der Waals surface area (Å²) < 4.78 is 24.2. The Morgan fingerprint density at radius 3 is 2.57 bits per heavy atom. The normalized spacial score (nSPS) is 31.6. The second-order valence-corrected chi connectivity index (χ2v) is 8.36. The second kappa shape index (κ2) is 6.07. The maximum absolute atomic E-state index is 12.1. The first-order chi connectivity index (χ1) is 10.1. The van der Waals surface area contributed by atoms with E-state index in [0.717, 1.165) is 37.8 Å². The van der Waals surface area contributed by atoms with Gasteiger partial charge in [-0.2, -0.15) is 0 Å². The fourth-order valence-corrected chi connectivity index (χ4v) is 5.08. The van der Waals surface area contributed by atoms with E-state index in [1.807, 2.05) is 12.1 Å². The third kappa shape index (κ3) is 3.30. The topological polar surface area (TPSA) is 66.4 Å². The Morgan fingerprint density at radius 2 is 1.81 bits per heavy atom. The summed E-state index contributed by atoms with van der Waals surface area (Å²) in [6, 6.07) is 7.48. The zero-order valence-corrected chi connectivity index (χ0v) is 13.0. The molecule has 3 rings (SSSR count). The molecule has 0 saturated heterocycles. The van der Waals surface area contributed by atoms with Crippen molar-refractivity contribution in [3.8, 4) is 0 Å². The average Bonchev–Trinajstić information content (AvgIpc) is 2.48. The van der Waals surface area contributed by atoms with Crippen LogP contribution in [-0.2, 0) is 9.84 Å². The first-order valence-electron chi connectivity index (χ1n) is 7.79. The molecule has 0 radical (unpaired) electrons. The minimum atomic E-state index is -3.10. The first kappa shape index (κ1) is 15.0. The van der Waals surface area contributed by atoms with Gasteiger partial charge in [-0.3, -0.25) is 0 Å². The molecule has 1 saturated carbocycles. The van der Waals surface area contributed by atoms with Crippen LogP contribution < -0.4 is 5.32 Å². The smallest absolute Gasteiger partial charge is 0.178 e. The number of sulfone groups is 1. The van der Waals surface area contributed by atoms with Crippen molar-refractivity contribution in [3.63, 3.8) is 0 Å². The summed E-state index contributed by atoms with van der Waals surface area (Å²) in [5.41, 5.74) is 0.916. The standard InChI is InChI=1S/C16H23NO3S/c18-13-7-5-12(6-8-13)11-17-15-9-10-21(19,20)16-4-2-1-3-14(15)16/h1-4,12-13,15,17-18H,5-11H2. The number of nitrogens with one attached hydrogen (secondary N) is 1. The van der Waals surface area contributed by atoms with Gasteiger partial charge < -0.3 is 10.4 Å². The first-order valence-corrected chi connectivity index (χ1v) is 9.44. The van der Waals surface area contributed by atoms with Crippen LogP contribution in [0.5, 0.6) is 0 Å². The van der Waals surface area contributed by atoms with Gasteiger partial charge in [-0.25, -0.2) is 8.42 Å². The predicted octanol–water partition coefficient (Wildman–Crippen LogP) is 2.05. The van der Waals surface area contributed by atoms with E-state index in [2.05, 4.69) is 5.32 Å². The lowest BCUT2D eigenvalue weighted by Gasteiger charge is -2.30. The van der Waals surface area contributed by atoms with Crippen LogP contribution in [0.15, 0.2) is 29.2 Å². The van der Waals surface area contributed by atoms with Gasteiger partial charge in [0.15, 0.2) is 9.84 Å². The summed E-state index contributed by atoms with van der Waals surface area (Å²) >= 11 is 0. The summed E-state index contributed by atoms with van der Waals surface area (Å²) in [4.78, 5) is 0.493. The van der Waals surface area contributed by atoms with Crippen LogP contribution in [0, 0.1) is 5.92 Å². The molecule has 0 bridgehead atoms. The Kier molecular flexibility index (Phi) is 4.33. The Labute approximate surface area is 126 Å². The highest BCUT2D eigenvalue weighted by molar-refractivity contribution is 7.91. The largest absolute Gasteiger partial charge is 0.393 e. The molecule has 0 spiro atoms. The molecular weight excluding hydrogens is 286 g/mol. The van der Waals surface area contributed by atoms with E-state index in [0.29, 0.717) is 17.2 Å². The molecule has 2 N–H and O–H groups in total. The monoisotopic (exact) mass is 309 g/mol. The molecule has 4 nitrogen and oxygen atoms in total. The number of aliphatic hydroxyl groups is 1. The zero-order chi connectivity index (χ0) is 14.9. The minimum absolute atomic E-state index is 0.123. The van der Waals surface area contributed by atoms with Crippen molar-refractivity contribution < 1.29 is 13.5 Å². The fourth-order valence-electron chi connectivity index (χ4n) is 3.46. The third-order valence-electron chi connectivity index (χ3n) is 4.77. The third-order valence-corrected chi connectivity index (χ3v) is 6.59. The number of hydrogen-bond acceptors (Lipinski definition) is 4. The van der Waals surface area contributed by atoms with Crippen molar-refractivity contribution in [2.24, 2.45) is 5.92 Å². The molecule has 0 amide bonds. The van der Waals surface area contributed by atoms with E-state index >= 15 is 0 Å². The molecule has 1 unspecified atom stereocenters. The second-order valence-electron chi connectivity index (χ2n) is 6.28. The van der Waals surface area contributed by atoms with Crippen LogP contribution >= 0.6 is 0 Å². The van der Waals surface area contributed by atoms with Gasteiger partial charge in [0, 0.05) is 6.04 Å². The number of aliphatic hydroxyl groups excluding tert-OH is 1. The number of benzene rings is 1. The van der Waals surface area contributed by atoms with Crippen molar-refractivity contribution in [2.45, 2.75) is 49.1 Å². The SMILES string of the molecule is O=S1(=O)CCC(NCC2CCC(O)CC2)c2ccccc21. The van der Waals surface area contributed by atoms with Crippen LogP contribution in [0.2, 0.25) is 0 Å². The van der Waals surface area contributed by atoms with Crippen LogP contribution in [0.4, 0.5) is 0 Å². The number of fused-ring (bicyclic) bond motifs is 1. The van der Waals surface area contributed by atoms with E-state index in [4.69, 9.17) is 0 Å². The molecule has 1 atom stereocenters. The van der Waals surface area contributed by atoms with Gasteiger partial charge in [-0.15, -0.1) is 0 Å². The lowest BCUT2D eigenvalue weighted by atomic mass is 9.87. The van der Waals surface area contributed by atoms with Gasteiger partial charge >= 0.3 is 0 Å². The summed E-state index contributed by atoms with van der Waals surface area (Å²) in [7, 11) is -3.10. The van der Waals surface area contributed by atoms with Crippen LogP contribution in [0.1, 0.15) is 43.7 Å². The zero-order valence-electron chi connectivity index (χ0n) is 12.2. The minimum Gasteiger partial charge on any atom is -0.393 e. The quantitative estimate of drug-likeness (QED) is 0.897. The van der Waals surface area contributed by atoms with Crippen molar-refractivity contribution in [3.05, 3.63) is 29.8 Å². The molecule has 1 fully saturated rings. The maximum Gasteiger partial charge on any atom is 0.178 e. The summed E-state index contributed by atoms with van der Waals surface area (Å²) in [5.74, 6) is 0.824. The van der Waals surface area contributed by atoms with Crippen molar-refractivity contribution in [1.82, 2.24) is 5.32 Å². The molecule has 5 heteroatoms. The predicted molar refractivity (Wildman–Crippen MR) is 81.8 cm³/mol. The van der Waals surface area contributed by atoms with Crippen LogP contribution in [0.25, 0.3) is 0 Å². The summed E-state index contributed by atoms with van der Waals surface area (Å²) in [6.07, 6.45) is 4.42.